The summed E-state index contributed by atoms with van der Waals surface area (Å²) in [5.41, 5.74) is 0. The van der Waals surface area contributed by atoms with E-state index in [1.807, 2.05) is 0 Å². The third-order valence-electron chi connectivity index (χ3n) is 2.29. The van der Waals surface area contributed by atoms with Crippen LogP contribution >= 0.6 is 0 Å². The van der Waals surface area contributed by atoms with Crippen LogP contribution in [-0.4, -0.2) is 32.1 Å². The molecule has 1 atom stereocenters. The molecule has 0 amide bonds. The SMILES string of the molecule is CC[C@H]1CCN(S(C)(=O)=O)C1. The smallest absolute Gasteiger partial charge is 0.211 e. The van der Waals surface area contributed by atoms with Gasteiger partial charge in [-0.3, -0.25) is 0 Å². The molecule has 0 aromatic rings. The average molecular weight is 177 g/mol. The van der Waals surface area contributed by atoms with Crippen LogP contribution in [0.3, 0.4) is 0 Å². The first-order valence-corrected chi connectivity index (χ1v) is 5.84. The molecule has 0 aliphatic carbocycles. The molecule has 66 valence electrons. The predicted octanol–water partition coefficient (Wildman–Crippen LogP) is 0.678. The minimum absolute atomic E-state index is 0.588. The highest BCUT2D eigenvalue weighted by Crippen LogP contribution is 2.20. The Hall–Kier alpha value is -0.0900. The summed E-state index contributed by atoms with van der Waals surface area (Å²) in [5, 5.41) is 0. The maximum absolute atomic E-state index is 11.0. The van der Waals surface area contributed by atoms with Gasteiger partial charge in [-0.05, 0) is 12.3 Å². The predicted molar refractivity (Wildman–Crippen MR) is 44.8 cm³/mol. The molecule has 0 unspecified atom stereocenters. The topological polar surface area (TPSA) is 37.4 Å². The third kappa shape index (κ3) is 2.17. The van der Waals surface area contributed by atoms with Gasteiger partial charge in [0.2, 0.25) is 10.0 Å². The normalized spacial score (nSPS) is 27.6. The molecular formula is C7H15NO2S. The fraction of sp³-hybridized carbons (Fsp3) is 1.00. The van der Waals surface area contributed by atoms with Gasteiger partial charge in [-0.1, -0.05) is 13.3 Å². The minimum Gasteiger partial charge on any atom is -0.213 e. The second-order valence-corrected chi connectivity index (χ2v) is 5.17. The van der Waals surface area contributed by atoms with Gasteiger partial charge in [0.1, 0.15) is 0 Å². The Morgan fingerprint density at radius 3 is 2.45 bits per heavy atom. The lowest BCUT2D eigenvalue weighted by Crippen LogP contribution is -2.27. The maximum atomic E-state index is 11.0. The summed E-state index contributed by atoms with van der Waals surface area (Å²) in [6.45, 7) is 3.56. The van der Waals surface area contributed by atoms with E-state index in [4.69, 9.17) is 0 Å². The standard InChI is InChI=1S/C7H15NO2S/c1-3-7-4-5-8(6-7)11(2,9)10/h7H,3-6H2,1-2H3/t7-/m0/s1. The van der Waals surface area contributed by atoms with Crippen LogP contribution in [0, 0.1) is 5.92 Å². The van der Waals surface area contributed by atoms with E-state index in [1.165, 1.54) is 6.26 Å². The zero-order valence-corrected chi connectivity index (χ0v) is 7.89. The van der Waals surface area contributed by atoms with Crippen molar-refractivity contribution >= 4 is 10.0 Å². The van der Waals surface area contributed by atoms with Gasteiger partial charge in [-0.2, -0.15) is 0 Å². The van der Waals surface area contributed by atoms with Crippen molar-refractivity contribution in [3.63, 3.8) is 0 Å². The summed E-state index contributed by atoms with van der Waals surface area (Å²) in [7, 11) is -2.91. The number of hydrogen-bond donors (Lipinski definition) is 0. The summed E-state index contributed by atoms with van der Waals surface area (Å²) in [6, 6.07) is 0. The van der Waals surface area contributed by atoms with E-state index in [2.05, 4.69) is 6.92 Å². The molecule has 1 saturated heterocycles. The molecule has 1 aliphatic heterocycles. The van der Waals surface area contributed by atoms with Crippen molar-refractivity contribution in [3.05, 3.63) is 0 Å². The summed E-state index contributed by atoms with van der Waals surface area (Å²) in [6.07, 6.45) is 3.40. The van der Waals surface area contributed by atoms with Crippen molar-refractivity contribution in [2.45, 2.75) is 19.8 Å². The van der Waals surface area contributed by atoms with E-state index in [1.54, 1.807) is 4.31 Å². The molecule has 0 bridgehead atoms. The average Bonchev–Trinajstić information content (AvgIpc) is 2.32. The number of nitrogens with zero attached hydrogens (tertiary/aromatic N) is 1. The van der Waals surface area contributed by atoms with Crippen LogP contribution in [0.1, 0.15) is 19.8 Å². The lowest BCUT2D eigenvalue weighted by atomic mass is 10.1. The van der Waals surface area contributed by atoms with E-state index >= 15 is 0 Å². The molecular weight excluding hydrogens is 162 g/mol. The summed E-state index contributed by atoms with van der Waals surface area (Å²) in [4.78, 5) is 0. The number of sulfonamides is 1. The van der Waals surface area contributed by atoms with Crippen LogP contribution in [0.2, 0.25) is 0 Å². The summed E-state index contributed by atoms with van der Waals surface area (Å²) < 4.78 is 23.6. The molecule has 0 saturated carbocycles. The first-order chi connectivity index (χ1) is 5.04. The first kappa shape index (κ1) is 9.00. The highest BCUT2D eigenvalue weighted by Gasteiger charge is 2.26. The molecule has 4 heteroatoms. The first-order valence-electron chi connectivity index (χ1n) is 3.99. The largest absolute Gasteiger partial charge is 0.213 e. The van der Waals surface area contributed by atoms with Gasteiger partial charge < -0.3 is 0 Å². The quantitative estimate of drug-likeness (QED) is 0.622. The monoisotopic (exact) mass is 177 g/mol. The van der Waals surface area contributed by atoms with Crippen molar-refractivity contribution < 1.29 is 8.42 Å². The Labute approximate surface area is 68.4 Å². The summed E-state index contributed by atoms with van der Waals surface area (Å²) >= 11 is 0. The fourth-order valence-electron chi connectivity index (χ4n) is 1.43. The van der Waals surface area contributed by atoms with Crippen molar-refractivity contribution in [1.29, 1.82) is 0 Å². The Morgan fingerprint density at radius 2 is 2.18 bits per heavy atom. The van der Waals surface area contributed by atoms with E-state index in [9.17, 15) is 8.42 Å². The molecule has 3 nitrogen and oxygen atoms in total. The molecule has 0 aromatic heterocycles. The lowest BCUT2D eigenvalue weighted by molar-refractivity contribution is 0.457. The molecule has 0 spiro atoms. The van der Waals surface area contributed by atoms with E-state index in [0.29, 0.717) is 5.92 Å². The van der Waals surface area contributed by atoms with Gasteiger partial charge in [-0.25, -0.2) is 12.7 Å². The van der Waals surface area contributed by atoms with Gasteiger partial charge in [0.15, 0.2) is 0 Å². The molecule has 0 aromatic carbocycles. The van der Waals surface area contributed by atoms with E-state index in [0.717, 1.165) is 25.9 Å². The van der Waals surface area contributed by atoms with Crippen molar-refractivity contribution in [3.8, 4) is 0 Å². The van der Waals surface area contributed by atoms with Crippen LogP contribution in [-0.2, 0) is 10.0 Å². The van der Waals surface area contributed by atoms with Gasteiger partial charge in [0.25, 0.3) is 0 Å². The molecule has 1 heterocycles. The van der Waals surface area contributed by atoms with Crippen LogP contribution < -0.4 is 0 Å². The highest BCUT2D eigenvalue weighted by atomic mass is 32.2. The van der Waals surface area contributed by atoms with Crippen molar-refractivity contribution in [1.82, 2.24) is 4.31 Å². The molecule has 1 rings (SSSR count). The van der Waals surface area contributed by atoms with Gasteiger partial charge in [0, 0.05) is 13.1 Å². The Balaban J connectivity index is 2.55. The number of hydrogen-bond acceptors (Lipinski definition) is 2. The zero-order valence-electron chi connectivity index (χ0n) is 7.08. The van der Waals surface area contributed by atoms with E-state index < -0.39 is 10.0 Å². The zero-order chi connectivity index (χ0) is 8.48. The Morgan fingerprint density at radius 1 is 1.55 bits per heavy atom. The second kappa shape index (κ2) is 3.11. The van der Waals surface area contributed by atoms with Gasteiger partial charge in [-0.15, -0.1) is 0 Å². The maximum Gasteiger partial charge on any atom is 0.211 e. The molecule has 0 N–H and O–H groups in total. The minimum atomic E-state index is -2.91. The van der Waals surface area contributed by atoms with Crippen LogP contribution in [0.15, 0.2) is 0 Å². The van der Waals surface area contributed by atoms with Gasteiger partial charge in [0.05, 0.1) is 6.26 Å². The van der Waals surface area contributed by atoms with Gasteiger partial charge >= 0.3 is 0 Å². The van der Waals surface area contributed by atoms with E-state index in [-0.39, 0.29) is 0 Å². The molecule has 11 heavy (non-hydrogen) atoms. The molecule has 1 fully saturated rings. The van der Waals surface area contributed by atoms with Crippen LogP contribution in [0.25, 0.3) is 0 Å². The van der Waals surface area contributed by atoms with Crippen molar-refractivity contribution in [2.24, 2.45) is 5.92 Å². The Kier molecular flexibility index (Phi) is 2.54. The molecule has 0 radical (unpaired) electrons. The Bertz CT molecular complexity index is 223. The molecule has 1 aliphatic rings. The third-order valence-corrected chi connectivity index (χ3v) is 3.56. The lowest BCUT2D eigenvalue weighted by Gasteiger charge is -2.11. The van der Waals surface area contributed by atoms with Crippen LogP contribution in [0.4, 0.5) is 0 Å². The summed E-state index contributed by atoms with van der Waals surface area (Å²) in [5.74, 6) is 0.588. The van der Waals surface area contributed by atoms with Crippen molar-refractivity contribution in [2.75, 3.05) is 19.3 Å². The highest BCUT2D eigenvalue weighted by molar-refractivity contribution is 7.88. The number of rotatable bonds is 2. The fourth-order valence-corrected chi connectivity index (χ4v) is 2.35. The van der Waals surface area contributed by atoms with Crippen LogP contribution in [0.5, 0.6) is 0 Å². The second-order valence-electron chi connectivity index (χ2n) is 3.18.